The quantitative estimate of drug-likeness (QED) is 0.601. The highest BCUT2D eigenvalue weighted by molar-refractivity contribution is 14.1. The van der Waals surface area contributed by atoms with Gasteiger partial charge >= 0.3 is 0 Å². The molecule has 2 N–H and O–H groups in total. The van der Waals surface area contributed by atoms with Crippen molar-refractivity contribution in [3.8, 4) is 0 Å². The second-order valence-electron chi connectivity index (χ2n) is 2.92. The average Bonchev–Trinajstić information content (AvgIpc) is 2.16. The van der Waals surface area contributed by atoms with Gasteiger partial charge in [0, 0.05) is 17.0 Å². The van der Waals surface area contributed by atoms with E-state index in [1.807, 2.05) is 12.2 Å². The molecule has 12 heavy (non-hydrogen) atoms. The first-order valence-electron chi connectivity index (χ1n) is 3.98. The van der Waals surface area contributed by atoms with Crippen LogP contribution in [0.25, 0.3) is 0 Å². The summed E-state index contributed by atoms with van der Waals surface area (Å²) in [6, 6.07) is 0. The van der Waals surface area contributed by atoms with Gasteiger partial charge in [-0.3, -0.25) is 0 Å². The van der Waals surface area contributed by atoms with E-state index in [9.17, 15) is 0 Å². The molecule has 0 aromatic heterocycles. The maximum Gasteiger partial charge on any atom is 0.0678 e. The molecule has 0 fully saturated rings. The molecule has 2 atom stereocenters. The van der Waals surface area contributed by atoms with Gasteiger partial charge in [-0.25, -0.2) is 0 Å². The summed E-state index contributed by atoms with van der Waals surface area (Å²) >= 11 is 2.31. The van der Waals surface area contributed by atoms with E-state index in [-0.39, 0.29) is 19.1 Å². The number of aliphatic hydroxyl groups excluding tert-OH is 2. The third-order valence-electron chi connectivity index (χ3n) is 2.11. The molecule has 0 spiro atoms. The normalized spacial score (nSPS) is 28.8. The molecular formula is C9H13IO2. The summed E-state index contributed by atoms with van der Waals surface area (Å²) in [5, 5.41) is 17.9. The van der Waals surface area contributed by atoms with E-state index < -0.39 is 0 Å². The van der Waals surface area contributed by atoms with Crippen molar-refractivity contribution < 1.29 is 10.2 Å². The van der Waals surface area contributed by atoms with E-state index in [1.165, 1.54) is 0 Å². The molecule has 0 bridgehead atoms. The first-order chi connectivity index (χ1) is 5.81. The van der Waals surface area contributed by atoms with Gasteiger partial charge in [0.2, 0.25) is 0 Å². The lowest BCUT2D eigenvalue weighted by Crippen LogP contribution is -2.19. The molecule has 68 valence electrons. The van der Waals surface area contributed by atoms with Crippen LogP contribution in [0.4, 0.5) is 0 Å². The van der Waals surface area contributed by atoms with Crippen LogP contribution < -0.4 is 0 Å². The van der Waals surface area contributed by atoms with Crippen LogP contribution in [-0.4, -0.2) is 27.9 Å². The Bertz CT molecular complexity index is 199. The number of hydrogen-bond donors (Lipinski definition) is 2. The Labute approximate surface area is 86.1 Å². The van der Waals surface area contributed by atoms with Gasteiger partial charge in [0.1, 0.15) is 0 Å². The third-order valence-corrected chi connectivity index (χ3v) is 3.12. The Balaban J connectivity index is 2.67. The maximum atomic E-state index is 9.04. The Hall–Kier alpha value is 0.130. The summed E-state index contributed by atoms with van der Waals surface area (Å²) in [5.74, 6) is 0.611. The minimum Gasteiger partial charge on any atom is -0.396 e. The van der Waals surface area contributed by atoms with E-state index >= 15 is 0 Å². The minimum atomic E-state index is 0.0704. The fourth-order valence-corrected chi connectivity index (χ4v) is 2.25. The minimum absolute atomic E-state index is 0.0704. The Morgan fingerprint density at radius 2 is 2.08 bits per heavy atom. The maximum absolute atomic E-state index is 9.04. The van der Waals surface area contributed by atoms with E-state index in [2.05, 4.69) is 28.7 Å². The van der Waals surface area contributed by atoms with Crippen molar-refractivity contribution in [2.45, 2.75) is 0 Å². The van der Waals surface area contributed by atoms with Crippen molar-refractivity contribution in [3.05, 3.63) is 23.8 Å². The second kappa shape index (κ2) is 4.99. The smallest absolute Gasteiger partial charge is 0.0678 e. The molecule has 2 nitrogen and oxygen atoms in total. The van der Waals surface area contributed by atoms with E-state index in [1.54, 1.807) is 0 Å². The molecule has 1 aliphatic carbocycles. The third kappa shape index (κ3) is 2.31. The number of rotatable bonds is 3. The molecule has 0 saturated carbocycles. The van der Waals surface area contributed by atoms with Crippen LogP contribution in [0.2, 0.25) is 0 Å². The summed E-state index contributed by atoms with van der Waals surface area (Å²) in [7, 11) is 0. The second-order valence-corrected chi connectivity index (χ2v) is 3.80. The molecule has 0 aromatic carbocycles. The molecule has 0 saturated heterocycles. The molecule has 3 heteroatoms. The fourth-order valence-electron chi connectivity index (χ4n) is 1.30. The summed E-state index contributed by atoms with van der Waals surface area (Å²) < 4.78 is 1.01. The van der Waals surface area contributed by atoms with Gasteiger partial charge in [0.05, 0.1) is 6.61 Å². The molecule has 0 aromatic rings. The predicted octanol–water partition coefficient (Wildman–Crippen LogP) is 1.13. The van der Waals surface area contributed by atoms with Crippen molar-refractivity contribution >= 4 is 22.6 Å². The number of hydrogen-bond acceptors (Lipinski definition) is 2. The van der Waals surface area contributed by atoms with Crippen molar-refractivity contribution in [1.82, 2.24) is 0 Å². The van der Waals surface area contributed by atoms with Crippen LogP contribution in [0, 0.1) is 11.8 Å². The lowest BCUT2D eigenvalue weighted by atomic mass is 9.88. The van der Waals surface area contributed by atoms with Crippen LogP contribution in [0.5, 0.6) is 0 Å². The average molecular weight is 280 g/mol. The monoisotopic (exact) mass is 280 g/mol. The van der Waals surface area contributed by atoms with Crippen molar-refractivity contribution in [2.24, 2.45) is 11.8 Å². The first-order valence-corrected chi connectivity index (χ1v) is 5.51. The van der Waals surface area contributed by atoms with Gasteiger partial charge in [0.25, 0.3) is 0 Å². The molecule has 1 aliphatic rings. The molecule has 1 rings (SSSR count). The van der Waals surface area contributed by atoms with E-state index in [0.717, 1.165) is 10.0 Å². The zero-order valence-electron chi connectivity index (χ0n) is 6.78. The largest absolute Gasteiger partial charge is 0.396 e. The number of aliphatic hydroxyl groups is 2. The highest BCUT2D eigenvalue weighted by Crippen LogP contribution is 2.24. The van der Waals surface area contributed by atoms with Gasteiger partial charge in [-0.15, -0.1) is 0 Å². The summed E-state index contributed by atoms with van der Waals surface area (Å²) in [4.78, 5) is 0. The Morgan fingerprint density at radius 3 is 2.58 bits per heavy atom. The zero-order chi connectivity index (χ0) is 8.97. The zero-order valence-corrected chi connectivity index (χ0v) is 8.94. The van der Waals surface area contributed by atoms with Gasteiger partial charge < -0.3 is 10.2 Å². The van der Waals surface area contributed by atoms with Crippen LogP contribution in [-0.2, 0) is 0 Å². The molecular weight excluding hydrogens is 267 g/mol. The number of allylic oxidation sites excluding steroid dienone is 1. The van der Waals surface area contributed by atoms with Crippen LogP contribution in [0.3, 0.4) is 0 Å². The molecule has 0 radical (unpaired) electrons. The van der Waals surface area contributed by atoms with Gasteiger partial charge in [-0.2, -0.15) is 0 Å². The molecule has 2 unspecified atom stereocenters. The van der Waals surface area contributed by atoms with Crippen molar-refractivity contribution in [2.75, 3.05) is 17.6 Å². The summed E-state index contributed by atoms with van der Waals surface area (Å²) in [5.41, 5.74) is 0.912. The first kappa shape index (κ1) is 10.2. The standard InChI is InChI=1S/C9H13IO2/c10-4-8-2-1-7(5-11)3-9(8)6-12/h1-3,8-9,11-12H,4-6H2. The number of alkyl halides is 1. The fraction of sp³-hybridized carbons (Fsp3) is 0.556. The lowest BCUT2D eigenvalue weighted by Gasteiger charge is -2.22. The van der Waals surface area contributed by atoms with Gasteiger partial charge in [-0.05, 0) is 11.5 Å². The van der Waals surface area contributed by atoms with Gasteiger partial charge in [0.15, 0.2) is 0 Å². The van der Waals surface area contributed by atoms with Crippen LogP contribution in [0.15, 0.2) is 23.8 Å². The van der Waals surface area contributed by atoms with Crippen molar-refractivity contribution in [3.63, 3.8) is 0 Å². The highest BCUT2D eigenvalue weighted by atomic mass is 127. The highest BCUT2D eigenvalue weighted by Gasteiger charge is 2.18. The molecule has 0 aliphatic heterocycles. The van der Waals surface area contributed by atoms with Crippen LogP contribution >= 0.6 is 22.6 Å². The van der Waals surface area contributed by atoms with E-state index in [0.29, 0.717) is 5.92 Å². The number of halogens is 1. The SMILES string of the molecule is OCC1=CC(CO)C(CI)C=C1. The van der Waals surface area contributed by atoms with Gasteiger partial charge in [-0.1, -0.05) is 40.8 Å². The molecule has 0 amide bonds. The summed E-state index contributed by atoms with van der Waals surface area (Å²) in [6.07, 6.45) is 5.97. The lowest BCUT2D eigenvalue weighted by molar-refractivity contribution is 0.229. The Kier molecular flexibility index (Phi) is 4.25. The predicted molar refractivity (Wildman–Crippen MR) is 57.3 cm³/mol. The van der Waals surface area contributed by atoms with Crippen LogP contribution in [0.1, 0.15) is 0 Å². The van der Waals surface area contributed by atoms with Crippen molar-refractivity contribution in [1.29, 1.82) is 0 Å². The van der Waals surface area contributed by atoms with E-state index in [4.69, 9.17) is 10.2 Å². The molecule has 0 heterocycles. The Morgan fingerprint density at radius 1 is 1.33 bits per heavy atom. The summed E-state index contributed by atoms with van der Waals surface area (Å²) in [6.45, 7) is 0.239. The topological polar surface area (TPSA) is 40.5 Å².